The van der Waals surface area contributed by atoms with Gasteiger partial charge in [0.25, 0.3) is 0 Å². The third kappa shape index (κ3) is 2.02. The predicted molar refractivity (Wildman–Crippen MR) is 82.7 cm³/mol. The minimum absolute atomic E-state index is 0.217. The highest BCUT2D eigenvalue weighted by atomic mass is 79.9. The van der Waals surface area contributed by atoms with Crippen LogP contribution in [-0.2, 0) is 12.0 Å². The highest BCUT2D eigenvalue weighted by Crippen LogP contribution is 2.43. The van der Waals surface area contributed by atoms with Crippen LogP contribution in [0, 0.1) is 0 Å². The van der Waals surface area contributed by atoms with Gasteiger partial charge in [0.2, 0.25) is 0 Å². The van der Waals surface area contributed by atoms with Gasteiger partial charge in [0.1, 0.15) is 5.60 Å². The number of fused-ring (bicyclic) bond motifs is 1. The molecule has 1 aromatic heterocycles. The average Bonchev–Trinajstić information content (AvgIpc) is 2.82. The number of hydrogen-bond donors (Lipinski definition) is 1. The van der Waals surface area contributed by atoms with Gasteiger partial charge in [-0.05, 0) is 60.2 Å². The molecule has 1 aliphatic rings. The van der Waals surface area contributed by atoms with E-state index in [0.29, 0.717) is 0 Å². The van der Waals surface area contributed by atoms with Crippen molar-refractivity contribution in [3.8, 4) is 0 Å². The van der Waals surface area contributed by atoms with Gasteiger partial charge in [-0.3, -0.25) is 4.68 Å². The Morgan fingerprint density at radius 3 is 2.85 bits per heavy atom. The minimum atomic E-state index is -0.950. The van der Waals surface area contributed by atoms with Crippen molar-refractivity contribution in [1.82, 2.24) is 9.78 Å². The molecule has 2 aromatic rings. The first kappa shape index (κ1) is 13.8. The van der Waals surface area contributed by atoms with Crippen LogP contribution in [0.4, 0.5) is 0 Å². The highest BCUT2D eigenvalue weighted by Gasteiger charge is 2.40. The number of benzene rings is 1. The van der Waals surface area contributed by atoms with Gasteiger partial charge < -0.3 is 5.11 Å². The average molecular weight is 335 g/mol. The van der Waals surface area contributed by atoms with Gasteiger partial charge in [0.15, 0.2) is 0 Å². The molecule has 3 rings (SSSR count). The third-order valence-corrected chi connectivity index (χ3v) is 4.66. The Kier molecular flexibility index (Phi) is 3.46. The first-order valence-corrected chi connectivity index (χ1v) is 7.87. The van der Waals surface area contributed by atoms with Crippen molar-refractivity contribution < 1.29 is 5.11 Å². The van der Waals surface area contributed by atoms with Crippen molar-refractivity contribution >= 4 is 15.9 Å². The molecule has 4 heteroatoms. The van der Waals surface area contributed by atoms with E-state index >= 15 is 0 Å². The Bertz CT molecular complexity index is 635. The summed E-state index contributed by atoms with van der Waals surface area (Å²) in [6.45, 7) is 4.17. The number of nitrogens with zero attached hydrogens (tertiary/aromatic N) is 2. The van der Waals surface area contributed by atoms with Crippen molar-refractivity contribution in [1.29, 1.82) is 0 Å². The van der Waals surface area contributed by atoms with Crippen LogP contribution in [0.1, 0.15) is 49.6 Å². The molecule has 1 aromatic carbocycles. The summed E-state index contributed by atoms with van der Waals surface area (Å²) >= 11 is 3.56. The fourth-order valence-electron chi connectivity index (χ4n) is 3.18. The topological polar surface area (TPSA) is 38.0 Å². The first-order valence-electron chi connectivity index (χ1n) is 7.08. The van der Waals surface area contributed by atoms with Crippen molar-refractivity contribution in [2.45, 2.75) is 44.8 Å². The molecule has 106 valence electrons. The van der Waals surface area contributed by atoms with E-state index in [2.05, 4.69) is 40.9 Å². The van der Waals surface area contributed by atoms with Gasteiger partial charge in [-0.25, -0.2) is 0 Å². The van der Waals surface area contributed by atoms with E-state index < -0.39 is 5.60 Å². The fourth-order valence-corrected chi connectivity index (χ4v) is 3.78. The lowest BCUT2D eigenvalue weighted by atomic mass is 9.77. The molecule has 1 N–H and O–H groups in total. The zero-order valence-corrected chi connectivity index (χ0v) is 13.4. The number of rotatable bonds is 2. The number of aryl methyl sites for hydroxylation is 1. The summed E-state index contributed by atoms with van der Waals surface area (Å²) in [7, 11) is 0. The Labute approximate surface area is 127 Å². The predicted octanol–water partition coefficient (Wildman–Crippen LogP) is 3.80. The van der Waals surface area contributed by atoms with Gasteiger partial charge in [-0.15, -0.1) is 0 Å². The van der Waals surface area contributed by atoms with Crippen LogP contribution in [-0.4, -0.2) is 14.9 Å². The van der Waals surface area contributed by atoms with Crippen LogP contribution in [0.3, 0.4) is 0 Å². The minimum Gasteiger partial charge on any atom is -0.379 e. The van der Waals surface area contributed by atoms with Crippen LogP contribution in [0.5, 0.6) is 0 Å². The second-order valence-corrected chi connectivity index (χ2v) is 6.60. The molecule has 0 saturated heterocycles. The molecule has 0 saturated carbocycles. The Morgan fingerprint density at radius 1 is 1.35 bits per heavy atom. The van der Waals surface area contributed by atoms with Gasteiger partial charge >= 0.3 is 0 Å². The maximum atomic E-state index is 11.4. The summed E-state index contributed by atoms with van der Waals surface area (Å²) in [4.78, 5) is 0. The van der Waals surface area contributed by atoms with Crippen LogP contribution >= 0.6 is 15.9 Å². The summed E-state index contributed by atoms with van der Waals surface area (Å²) in [5, 5.41) is 15.8. The van der Waals surface area contributed by atoms with E-state index in [9.17, 15) is 5.11 Å². The van der Waals surface area contributed by atoms with Crippen LogP contribution in [0.15, 0.2) is 34.9 Å². The molecule has 1 atom stereocenters. The van der Waals surface area contributed by atoms with Crippen molar-refractivity contribution in [3.05, 3.63) is 51.8 Å². The highest BCUT2D eigenvalue weighted by molar-refractivity contribution is 9.10. The largest absolute Gasteiger partial charge is 0.379 e. The monoisotopic (exact) mass is 334 g/mol. The third-order valence-electron chi connectivity index (χ3n) is 4.08. The molecule has 0 radical (unpaired) electrons. The molecule has 3 nitrogen and oxygen atoms in total. The normalized spacial score (nSPS) is 22.1. The molecule has 20 heavy (non-hydrogen) atoms. The Morgan fingerprint density at radius 2 is 2.10 bits per heavy atom. The molecule has 1 heterocycles. The maximum Gasteiger partial charge on any atom is 0.133 e. The Balaban J connectivity index is 2.22. The summed E-state index contributed by atoms with van der Waals surface area (Å²) in [5.41, 5.74) is 2.19. The SMILES string of the molecule is CC(C)n1ncc(Br)c1C1(O)CCCc2ccccc21. The summed E-state index contributed by atoms with van der Waals surface area (Å²) in [6, 6.07) is 8.41. The lowest BCUT2D eigenvalue weighted by molar-refractivity contribution is 0.0501. The van der Waals surface area contributed by atoms with Crippen LogP contribution in [0.2, 0.25) is 0 Å². The molecule has 0 bridgehead atoms. The van der Waals surface area contributed by atoms with Crippen LogP contribution in [0.25, 0.3) is 0 Å². The second-order valence-electron chi connectivity index (χ2n) is 5.75. The first-order chi connectivity index (χ1) is 9.54. The molecule has 1 aliphatic carbocycles. The fraction of sp³-hybridized carbons (Fsp3) is 0.438. The summed E-state index contributed by atoms with van der Waals surface area (Å²) in [5.74, 6) is 0. The van der Waals surface area contributed by atoms with Crippen molar-refractivity contribution in [2.75, 3.05) is 0 Å². The molecule has 0 amide bonds. The van der Waals surface area contributed by atoms with Gasteiger partial charge in [-0.1, -0.05) is 24.3 Å². The van der Waals surface area contributed by atoms with Crippen LogP contribution < -0.4 is 0 Å². The number of aliphatic hydroxyl groups is 1. The number of aromatic nitrogens is 2. The van der Waals surface area contributed by atoms with E-state index in [0.717, 1.165) is 35.0 Å². The van der Waals surface area contributed by atoms with E-state index in [1.807, 2.05) is 22.9 Å². The zero-order valence-electron chi connectivity index (χ0n) is 11.8. The number of hydrogen-bond acceptors (Lipinski definition) is 2. The second kappa shape index (κ2) is 5.01. The van der Waals surface area contributed by atoms with E-state index in [1.54, 1.807) is 6.20 Å². The van der Waals surface area contributed by atoms with Gasteiger partial charge in [-0.2, -0.15) is 5.10 Å². The smallest absolute Gasteiger partial charge is 0.133 e. The van der Waals surface area contributed by atoms with Gasteiger partial charge in [0, 0.05) is 6.04 Å². The molecular weight excluding hydrogens is 316 g/mol. The van der Waals surface area contributed by atoms with E-state index in [1.165, 1.54) is 5.56 Å². The van der Waals surface area contributed by atoms with E-state index in [4.69, 9.17) is 0 Å². The van der Waals surface area contributed by atoms with Gasteiger partial charge in [0.05, 0.1) is 16.4 Å². The van der Waals surface area contributed by atoms with E-state index in [-0.39, 0.29) is 6.04 Å². The maximum absolute atomic E-state index is 11.4. The summed E-state index contributed by atoms with van der Waals surface area (Å²) in [6.07, 6.45) is 4.54. The quantitative estimate of drug-likeness (QED) is 0.907. The molecule has 0 fully saturated rings. The molecule has 0 spiro atoms. The molecular formula is C16H19BrN2O. The van der Waals surface area contributed by atoms with Crippen molar-refractivity contribution in [3.63, 3.8) is 0 Å². The lowest BCUT2D eigenvalue weighted by Gasteiger charge is -2.36. The lowest BCUT2D eigenvalue weighted by Crippen LogP contribution is -2.35. The molecule has 0 aliphatic heterocycles. The zero-order chi connectivity index (χ0) is 14.3. The standard InChI is InChI=1S/C16H19BrN2O/c1-11(2)19-15(14(17)10-18-19)16(20)9-5-7-12-6-3-4-8-13(12)16/h3-4,6,8,10-11,20H,5,7,9H2,1-2H3. The number of halogens is 1. The van der Waals surface area contributed by atoms with Crippen molar-refractivity contribution in [2.24, 2.45) is 0 Å². The Hall–Kier alpha value is -1.13. The summed E-state index contributed by atoms with van der Waals surface area (Å²) < 4.78 is 2.80. The molecule has 1 unspecified atom stereocenters.